The molecule has 0 spiro atoms. The zero-order valence-electron chi connectivity index (χ0n) is 12.3. The Balaban J connectivity index is 2.23. The first kappa shape index (κ1) is 15.3. The van der Waals surface area contributed by atoms with Crippen molar-refractivity contribution in [2.45, 2.75) is 39.2 Å². The van der Waals surface area contributed by atoms with Gasteiger partial charge in [0, 0.05) is 12.1 Å². The van der Waals surface area contributed by atoms with E-state index in [1.54, 1.807) is 13.0 Å². The normalized spacial score (nSPS) is 21.0. The Labute approximate surface area is 123 Å². The summed E-state index contributed by atoms with van der Waals surface area (Å²) in [4.78, 5) is 22.9. The van der Waals surface area contributed by atoms with Crippen LogP contribution in [-0.2, 0) is 0 Å². The maximum atomic E-state index is 12.4. The molecule has 0 aromatic heterocycles. The Bertz CT molecular complexity index is 544. The average molecular weight is 292 g/mol. The van der Waals surface area contributed by atoms with Crippen LogP contribution in [0.25, 0.3) is 0 Å². The van der Waals surface area contributed by atoms with Crippen molar-refractivity contribution < 1.29 is 14.5 Å². The van der Waals surface area contributed by atoms with Crippen molar-refractivity contribution in [2.24, 2.45) is 5.92 Å². The topological polar surface area (TPSA) is 81.5 Å². The molecule has 2 unspecified atom stereocenters. The van der Waals surface area contributed by atoms with Crippen molar-refractivity contribution in [3.05, 3.63) is 33.9 Å². The van der Waals surface area contributed by atoms with E-state index in [4.69, 9.17) is 4.74 Å². The van der Waals surface area contributed by atoms with Crippen molar-refractivity contribution >= 4 is 11.6 Å². The van der Waals surface area contributed by atoms with Crippen LogP contribution in [-0.4, -0.2) is 23.5 Å². The summed E-state index contributed by atoms with van der Waals surface area (Å²) in [6, 6.07) is 4.55. The molecule has 0 heterocycles. The summed E-state index contributed by atoms with van der Waals surface area (Å²) >= 11 is 0. The highest BCUT2D eigenvalue weighted by Gasteiger charge is 2.27. The number of carbonyl (C=O) groups excluding carboxylic acids is 1. The fraction of sp³-hybridized carbons (Fsp3) is 0.533. The summed E-state index contributed by atoms with van der Waals surface area (Å²) in [5.41, 5.74) is 0.0508. The number of benzene rings is 1. The third-order valence-electron chi connectivity index (χ3n) is 3.75. The molecule has 1 N–H and O–H groups in total. The predicted molar refractivity (Wildman–Crippen MR) is 78.5 cm³/mol. The smallest absolute Gasteiger partial charge is 0.311 e. The van der Waals surface area contributed by atoms with Gasteiger partial charge in [0.15, 0.2) is 0 Å². The summed E-state index contributed by atoms with van der Waals surface area (Å²) < 4.78 is 5.33. The van der Waals surface area contributed by atoms with Crippen LogP contribution in [0.4, 0.5) is 5.69 Å². The standard InChI is InChI=1S/C15H20N2O4/c1-3-21-14-12(5-4-6-13(14)17(19)20)15(18)16-11-8-7-10(2)9-11/h4-6,10-11H,3,7-9H2,1-2H3,(H,16,18). The molecule has 0 aliphatic heterocycles. The molecular formula is C15H20N2O4. The molecule has 21 heavy (non-hydrogen) atoms. The summed E-state index contributed by atoms with van der Waals surface area (Å²) in [6.07, 6.45) is 2.99. The van der Waals surface area contributed by atoms with Gasteiger partial charge in [0.2, 0.25) is 5.75 Å². The van der Waals surface area contributed by atoms with Gasteiger partial charge in [-0.1, -0.05) is 13.0 Å². The third-order valence-corrected chi connectivity index (χ3v) is 3.75. The molecule has 1 amide bonds. The van der Waals surface area contributed by atoms with Gasteiger partial charge in [0.1, 0.15) is 0 Å². The predicted octanol–water partition coefficient (Wildman–Crippen LogP) is 2.91. The number of rotatable bonds is 5. The van der Waals surface area contributed by atoms with Gasteiger partial charge in [-0.3, -0.25) is 14.9 Å². The maximum absolute atomic E-state index is 12.4. The second kappa shape index (κ2) is 6.56. The minimum atomic E-state index is -0.528. The van der Waals surface area contributed by atoms with Gasteiger partial charge in [-0.2, -0.15) is 0 Å². The Morgan fingerprint density at radius 1 is 1.48 bits per heavy atom. The highest BCUT2D eigenvalue weighted by Crippen LogP contribution is 2.31. The van der Waals surface area contributed by atoms with Crippen molar-refractivity contribution in [1.82, 2.24) is 5.32 Å². The first-order valence-corrected chi connectivity index (χ1v) is 7.24. The Kier molecular flexibility index (Phi) is 4.77. The van der Waals surface area contributed by atoms with Gasteiger partial charge in [0.25, 0.3) is 5.91 Å². The van der Waals surface area contributed by atoms with Crippen LogP contribution in [0.2, 0.25) is 0 Å². The van der Waals surface area contributed by atoms with E-state index in [-0.39, 0.29) is 35.6 Å². The number of nitro benzene ring substituents is 1. The highest BCUT2D eigenvalue weighted by molar-refractivity contribution is 5.98. The number of para-hydroxylation sites is 1. The minimum Gasteiger partial charge on any atom is -0.487 e. The lowest BCUT2D eigenvalue weighted by Crippen LogP contribution is -2.33. The molecule has 2 rings (SSSR count). The lowest BCUT2D eigenvalue weighted by molar-refractivity contribution is -0.385. The molecule has 0 bridgehead atoms. The van der Waals surface area contributed by atoms with Gasteiger partial charge in [0.05, 0.1) is 17.1 Å². The Hall–Kier alpha value is -2.11. The molecule has 6 nitrogen and oxygen atoms in total. The fourth-order valence-electron chi connectivity index (χ4n) is 2.74. The molecule has 114 valence electrons. The van der Waals surface area contributed by atoms with Crippen LogP contribution < -0.4 is 10.1 Å². The van der Waals surface area contributed by atoms with E-state index < -0.39 is 4.92 Å². The van der Waals surface area contributed by atoms with Gasteiger partial charge >= 0.3 is 5.69 Å². The molecule has 2 atom stereocenters. The molecule has 0 saturated heterocycles. The van der Waals surface area contributed by atoms with Crippen molar-refractivity contribution in [3.8, 4) is 5.75 Å². The molecular weight excluding hydrogens is 272 g/mol. The summed E-state index contributed by atoms with van der Waals surface area (Å²) in [6.45, 7) is 4.16. The van der Waals surface area contributed by atoms with Crippen molar-refractivity contribution in [1.29, 1.82) is 0 Å². The van der Waals surface area contributed by atoms with E-state index >= 15 is 0 Å². The fourth-order valence-corrected chi connectivity index (χ4v) is 2.74. The zero-order chi connectivity index (χ0) is 15.4. The van der Waals surface area contributed by atoms with Gasteiger partial charge in [-0.15, -0.1) is 0 Å². The van der Waals surface area contributed by atoms with Crippen LogP contribution in [0.15, 0.2) is 18.2 Å². The van der Waals surface area contributed by atoms with E-state index in [9.17, 15) is 14.9 Å². The lowest BCUT2D eigenvalue weighted by atomic mass is 10.1. The second-order valence-corrected chi connectivity index (χ2v) is 5.43. The Morgan fingerprint density at radius 3 is 2.81 bits per heavy atom. The Morgan fingerprint density at radius 2 is 2.24 bits per heavy atom. The monoisotopic (exact) mass is 292 g/mol. The van der Waals surface area contributed by atoms with Gasteiger partial charge in [-0.05, 0) is 38.2 Å². The summed E-state index contributed by atoms with van der Waals surface area (Å²) in [7, 11) is 0. The maximum Gasteiger partial charge on any atom is 0.311 e. The molecule has 1 aromatic rings. The van der Waals surface area contributed by atoms with Crippen LogP contribution in [0.3, 0.4) is 0 Å². The number of carbonyl (C=O) groups is 1. The number of nitrogens with zero attached hydrogens (tertiary/aromatic N) is 1. The molecule has 1 aromatic carbocycles. The lowest BCUT2D eigenvalue weighted by Gasteiger charge is -2.14. The number of ether oxygens (including phenoxy) is 1. The zero-order valence-corrected chi connectivity index (χ0v) is 12.3. The van der Waals surface area contributed by atoms with E-state index in [0.29, 0.717) is 5.92 Å². The SMILES string of the molecule is CCOc1c(C(=O)NC2CCC(C)C2)cccc1[N+](=O)[O-]. The highest BCUT2D eigenvalue weighted by atomic mass is 16.6. The van der Waals surface area contributed by atoms with Crippen LogP contribution >= 0.6 is 0 Å². The average Bonchev–Trinajstić information content (AvgIpc) is 2.84. The van der Waals surface area contributed by atoms with E-state index in [1.165, 1.54) is 12.1 Å². The number of hydrogen-bond acceptors (Lipinski definition) is 4. The summed E-state index contributed by atoms with van der Waals surface area (Å²) in [5, 5.41) is 14.0. The first-order valence-electron chi connectivity index (χ1n) is 7.24. The molecule has 1 aliphatic carbocycles. The molecule has 1 fully saturated rings. The van der Waals surface area contributed by atoms with Crippen LogP contribution in [0.5, 0.6) is 5.75 Å². The number of nitrogens with one attached hydrogen (secondary N) is 1. The molecule has 1 aliphatic rings. The van der Waals surface area contributed by atoms with E-state index in [2.05, 4.69) is 12.2 Å². The number of nitro groups is 1. The van der Waals surface area contributed by atoms with Gasteiger partial charge in [-0.25, -0.2) is 0 Å². The number of amides is 1. The molecule has 1 saturated carbocycles. The van der Waals surface area contributed by atoms with Crippen LogP contribution in [0.1, 0.15) is 43.5 Å². The molecule has 6 heteroatoms. The largest absolute Gasteiger partial charge is 0.487 e. The van der Waals surface area contributed by atoms with Crippen molar-refractivity contribution in [3.63, 3.8) is 0 Å². The van der Waals surface area contributed by atoms with E-state index in [0.717, 1.165) is 19.3 Å². The van der Waals surface area contributed by atoms with Crippen LogP contribution in [0, 0.1) is 16.0 Å². The third kappa shape index (κ3) is 3.51. The van der Waals surface area contributed by atoms with Crippen molar-refractivity contribution in [2.75, 3.05) is 6.61 Å². The van der Waals surface area contributed by atoms with Gasteiger partial charge < -0.3 is 10.1 Å². The van der Waals surface area contributed by atoms with E-state index in [1.807, 2.05) is 0 Å². The molecule has 0 radical (unpaired) electrons. The number of hydrogen-bond donors (Lipinski definition) is 1. The summed E-state index contributed by atoms with van der Waals surface area (Å²) in [5.74, 6) is 0.349. The quantitative estimate of drug-likeness (QED) is 0.668. The first-order chi connectivity index (χ1) is 10.0. The minimum absolute atomic E-state index is 0.0496. The second-order valence-electron chi connectivity index (χ2n) is 5.43.